The minimum atomic E-state index is 0.848. The van der Waals surface area contributed by atoms with Gasteiger partial charge in [0.25, 0.3) is 0 Å². The van der Waals surface area contributed by atoms with Gasteiger partial charge < -0.3 is 0 Å². The molecule has 0 spiro atoms. The summed E-state index contributed by atoms with van der Waals surface area (Å²) in [5.41, 5.74) is 5.25. The second-order valence-electron chi connectivity index (χ2n) is 4.16. The van der Waals surface area contributed by atoms with E-state index in [0.29, 0.717) is 0 Å². The lowest BCUT2D eigenvalue weighted by atomic mass is 10.2. The largest absolute Gasteiger partial charge is 0.265 e. The van der Waals surface area contributed by atoms with Gasteiger partial charge in [0.2, 0.25) is 0 Å². The molecule has 0 bridgehead atoms. The molecule has 0 radical (unpaired) electrons. The molecule has 2 rings (SSSR count). The molecule has 0 saturated carbocycles. The number of aromatic nitrogens is 2. The van der Waals surface area contributed by atoms with E-state index in [-0.39, 0.29) is 0 Å². The number of aryl methyl sites for hydroxylation is 3. The van der Waals surface area contributed by atoms with Gasteiger partial charge in [0.05, 0.1) is 12.2 Å². The molecule has 0 N–H and O–H groups in total. The summed E-state index contributed by atoms with van der Waals surface area (Å²) in [6.07, 6.45) is 0. The second-order valence-corrected chi connectivity index (χ2v) is 5.34. The first kappa shape index (κ1) is 10.5. The van der Waals surface area contributed by atoms with Gasteiger partial charge in [-0.1, -0.05) is 0 Å². The van der Waals surface area contributed by atoms with E-state index in [1.54, 1.807) is 0 Å². The molecule has 0 amide bonds. The zero-order chi connectivity index (χ0) is 11.0. The molecular formula is C12H17N2P. The van der Waals surface area contributed by atoms with Gasteiger partial charge >= 0.3 is 0 Å². The van der Waals surface area contributed by atoms with Crippen molar-refractivity contribution in [3.8, 4) is 0 Å². The normalized spacial score (nSPS) is 11.5. The molecule has 3 heteroatoms. The highest BCUT2D eigenvalue weighted by molar-refractivity contribution is 7.30. The minimum absolute atomic E-state index is 0.848. The fourth-order valence-corrected chi connectivity index (χ4v) is 3.06. The Kier molecular flexibility index (Phi) is 2.70. The van der Waals surface area contributed by atoms with Crippen LogP contribution in [-0.2, 0) is 6.54 Å². The van der Waals surface area contributed by atoms with Crippen LogP contribution in [0.3, 0.4) is 0 Å². The first-order valence-corrected chi connectivity index (χ1v) is 6.30. The summed E-state index contributed by atoms with van der Waals surface area (Å²) in [4.78, 5) is 0. The molecule has 0 aliphatic carbocycles. The Bertz CT molecular complexity index is 480. The quantitative estimate of drug-likeness (QED) is 0.760. The Hall–Kier alpha value is -1.01. The predicted molar refractivity (Wildman–Crippen MR) is 66.2 cm³/mol. The topological polar surface area (TPSA) is 17.8 Å². The summed E-state index contributed by atoms with van der Waals surface area (Å²) in [5, 5.41) is 6.02. The average Bonchev–Trinajstić information content (AvgIpc) is 2.64. The van der Waals surface area contributed by atoms with Crippen LogP contribution in [0.25, 0.3) is 0 Å². The van der Waals surface area contributed by atoms with E-state index in [4.69, 9.17) is 0 Å². The van der Waals surface area contributed by atoms with Crippen molar-refractivity contribution < 1.29 is 0 Å². The van der Waals surface area contributed by atoms with E-state index < -0.39 is 0 Å². The maximum Gasteiger partial charge on any atom is 0.0699 e. The zero-order valence-corrected chi connectivity index (χ0v) is 10.8. The smallest absolute Gasteiger partial charge is 0.0699 e. The number of hydrogen-bond donors (Lipinski definition) is 0. The van der Waals surface area contributed by atoms with E-state index in [1.807, 2.05) is 6.92 Å². The van der Waals surface area contributed by atoms with E-state index in [2.05, 4.69) is 42.4 Å². The van der Waals surface area contributed by atoms with Gasteiger partial charge in [-0.15, -0.1) is 8.19 Å². The first-order valence-electron chi connectivity index (χ1n) is 5.22. The fraction of sp³-hybridized carbons (Fsp3) is 0.417. The molecule has 0 saturated heterocycles. The van der Waals surface area contributed by atoms with Gasteiger partial charge in [0, 0.05) is 5.69 Å². The molecule has 80 valence electrons. The van der Waals surface area contributed by atoms with E-state index in [0.717, 1.165) is 20.4 Å². The highest BCUT2D eigenvalue weighted by atomic mass is 31.0. The molecule has 15 heavy (non-hydrogen) atoms. The first-order chi connectivity index (χ1) is 7.08. The molecule has 2 nitrogen and oxygen atoms in total. The summed E-state index contributed by atoms with van der Waals surface area (Å²) in [7, 11) is 0.848. The second kappa shape index (κ2) is 3.86. The monoisotopic (exact) mass is 220 g/mol. The summed E-state index contributed by atoms with van der Waals surface area (Å²) in [6.45, 7) is 9.53. The molecule has 1 atom stereocenters. The Balaban J connectivity index is 2.29. The van der Waals surface area contributed by atoms with Crippen molar-refractivity contribution >= 4 is 8.19 Å². The van der Waals surface area contributed by atoms with Gasteiger partial charge in [-0.2, -0.15) is 5.10 Å². The lowest BCUT2D eigenvalue weighted by Crippen LogP contribution is -2.03. The van der Waals surface area contributed by atoms with Crippen LogP contribution >= 0.6 is 8.19 Å². The Morgan fingerprint density at radius 2 is 2.00 bits per heavy atom. The van der Waals surface area contributed by atoms with Crippen LogP contribution in [0.15, 0.2) is 11.9 Å². The third kappa shape index (κ3) is 2.00. The SMILES string of the molecule is Cc1cc(C)n(Cc2[pH]cc(C)c2C)n1. The molecule has 2 aromatic heterocycles. The zero-order valence-electron chi connectivity index (χ0n) is 9.76. The highest BCUT2D eigenvalue weighted by Gasteiger charge is 2.06. The van der Waals surface area contributed by atoms with Gasteiger partial charge in [0.1, 0.15) is 0 Å². The molecule has 2 aromatic rings. The van der Waals surface area contributed by atoms with Gasteiger partial charge in [-0.05, 0) is 56.0 Å². The van der Waals surface area contributed by atoms with E-state index >= 15 is 0 Å². The molecule has 1 unspecified atom stereocenters. The summed E-state index contributed by atoms with van der Waals surface area (Å²) >= 11 is 0. The van der Waals surface area contributed by atoms with Crippen LogP contribution < -0.4 is 0 Å². The average molecular weight is 220 g/mol. The molecule has 0 aliphatic heterocycles. The maximum atomic E-state index is 4.50. The Morgan fingerprint density at radius 3 is 2.47 bits per heavy atom. The van der Waals surface area contributed by atoms with Crippen molar-refractivity contribution in [3.63, 3.8) is 0 Å². The van der Waals surface area contributed by atoms with Crippen molar-refractivity contribution in [1.29, 1.82) is 0 Å². The standard InChI is InChI=1S/C12H17N2P/c1-8-7-15-12(11(8)4)6-14-10(3)5-9(2)13-14/h5,7,15H,6H2,1-4H3. The van der Waals surface area contributed by atoms with E-state index in [9.17, 15) is 0 Å². The third-order valence-electron chi connectivity index (χ3n) is 2.92. The maximum absolute atomic E-state index is 4.50. The highest BCUT2D eigenvalue weighted by Crippen LogP contribution is 2.26. The van der Waals surface area contributed by atoms with Crippen molar-refractivity contribution in [2.45, 2.75) is 34.2 Å². The summed E-state index contributed by atoms with van der Waals surface area (Å²) < 4.78 is 2.10. The van der Waals surface area contributed by atoms with Crippen LogP contribution in [0.5, 0.6) is 0 Å². The van der Waals surface area contributed by atoms with Crippen molar-refractivity contribution in [2.24, 2.45) is 0 Å². The van der Waals surface area contributed by atoms with Crippen molar-refractivity contribution in [1.82, 2.24) is 9.78 Å². The lowest BCUT2D eigenvalue weighted by Gasteiger charge is -2.04. The Morgan fingerprint density at radius 1 is 1.27 bits per heavy atom. The number of rotatable bonds is 2. The molecular weight excluding hydrogens is 203 g/mol. The summed E-state index contributed by atoms with van der Waals surface area (Å²) in [6, 6.07) is 2.13. The van der Waals surface area contributed by atoms with Gasteiger partial charge in [-0.25, -0.2) is 0 Å². The molecule has 0 aromatic carbocycles. The third-order valence-corrected chi connectivity index (χ3v) is 4.38. The predicted octanol–water partition coefficient (Wildman–Crippen LogP) is 3.20. The van der Waals surface area contributed by atoms with Crippen LogP contribution in [0.2, 0.25) is 0 Å². The molecule has 0 aliphatic rings. The van der Waals surface area contributed by atoms with Gasteiger partial charge in [0.15, 0.2) is 0 Å². The minimum Gasteiger partial charge on any atom is -0.265 e. The fourth-order valence-electron chi connectivity index (χ4n) is 1.80. The van der Waals surface area contributed by atoms with Crippen molar-refractivity contribution in [3.05, 3.63) is 39.7 Å². The molecule has 0 fully saturated rings. The van der Waals surface area contributed by atoms with Crippen molar-refractivity contribution in [2.75, 3.05) is 0 Å². The van der Waals surface area contributed by atoms with Gasteiger partial charge in [-0.3, -0.25) is 4.68 Å². The van der Waals surface area contributed by atoms with Crippen LogP contribution in [0.4, 0.5) is 0 Å². The molecule has 2 heterocycles. The van der Waals surface area contributed by atoms with Crippen LogP contribution in [0, 0.1) is 27.7 Å². The number of hydrogen-bond acceptors (Lipinski definition) is 1. The summed E-state index contributed by atoms with van der Waals surface area (Å²) in [5.74, 6) is 2.33. The van der Waals surface area contributed by atoms with Crippen LogP contribution in [0.1, 0.15) is 27.8 Å². The van der Waals surface area contributed by atoms with E-state index in [1.165, 1.54) is 22.1 Å². The lowest BCUT2D eigenvalue weighted by molar-refractivity contribution is 0.664. The number of nitrogens with zero attached hydrogens (tertiary/aromatic N) is 2. The van der Waals surface area contributed by atoms with Crippen LogP contribution in [-0.4, -0.2) is 9.78 Å². The Labute approximate surface area is 92.4 Å².